The molecule has 88 valence electrons. The predicted molar refractivity (Wildman–Crippen MR) is 63.9 cm³/mol. The van der Waals surface area contributed by atoms with Gasteiger partial charge in [0.05, 0.1) is 6.04 Å². The lowest BCUT2D eigenvalue weighted by atomic mass is 9.84. The van der Waals surface area contributed by atoms with Crippen LogP contribution in [0, 0.1) is 5.92 Å². The lowest BCUT2D eigenvalue weighted by Gasteiger charge is -2.29. The van der Waals surface area contributed by atoms with Crippen LogP contribution < -0.4 is 5.32 Å². The molecule has 1 aliphatic carbocycles. The van der Waals surface area contributed by atoms with Crippen LogP contribution >= 0.6 is 0 Å². The second kappa shape index (κ2) is 5.11. The molecule has 0 spiro atoms. The van der Waals surface area contributed by atoms with Crippen LogP contribution in [0.2, 0.25) is 0 Å². The molecule has 1 saturated carbocycles. The van der Waals surface area contributed by atoms with Crippen molar-refractivity contribution in [2.75, 3.05) is 0 Å². The van der Waals surface area contributed by atoms with Gasteiger partial charge < -0.3 is 5.32 Å². The molecule has 0 saturated heterocycles. The molecule has 1 atom stereocenters. The second-order valence-corrected chi connectivity index (χ2v) is 5.85. The van der Waals surface area contributed by atoms with Gasteiger partial charge in [0.2, 0.25) is 0 Å². The van der Waals surface area contributed by atoms with Crippen LogP contribution in [0.5, 0.6) is 0 Å². The van der Waals surface area contributed by atoms with E-state index in [2.05, 4.69) is 26.1 Å². The van der Waals surface area contributed by atoms with Gasteiger partial charge in [-0.15, -0.1) is 0 Å². The van der Waals surface area contributed by atoms with E-state index in [0.29, 0.717) is 11.7 Å². The van der Waals surface area contributed by atoms with Gasteiger partial charge >= 0.3 is 0 Å². The summed E-state index contributed by atoms with van der Waals surface area (Å²) < 4.78 is 0. The molecule has 0 aromatic heterocycles. The highest BCUT2D eigenvalue weighted by molar-refractivity contribution is 5.86. The number of Topliss-reactive ketones (excluding diaryl/α,β-unsaturated/α-hetero) is 1. The molecule has 0 radical (unpaired) electrons. The first kappa shape index (κ1) is 12.7. The fraction of sp³-hybridized carbons (Fsp3) is 0.923. The van der Waals surface area contributed by atoms with Crippen LogP contribution in [0.3, 0.4) is 0 Å². The van der Waals surface area contributed by atoms with Gasteiger partial charge in [-0.3, -0.25) is 4.79 Å². The zero-order chi connectivity index (χ0) is 11.5. The van der Waals surface area contributed by atoms with Crippen molar-refractivity contribution in [1.29, 1.82) is 0 Å². The van der Waals surface area contributed by atoms with Crippen LogP contribution in [0.15, 0.2) is 0 Å². The minimum Gasteiger partial charge on any atom is -0.303 e. The van der Waals surface area contributed by atoms with Gasteiger partial charge in [0.1, 0.15) is 0 Å². The zero-order valence-corrected chi connectivity index (χ0v) is 10.6. The Labute approximate surface area is 93.8 Å². The van der Waals surface area contributed by atoms with E-state index < -0.39 is 0 Å². The van der Waals surface area contributed by atoms with Gasteiger partial charge in [-0.05, 0) is 40.5 Å². The zero-order valence-electron chi connectivity index (χ0n) is 10.6. The van der Waals surface area contributed by atoms with Gasteiger partial charge in [-0.1, -0.05) is 19.3 Å². The van der Waals surface area contributed by atoms with Gasteiger partial charge in [0.25, 0.3) is 0 Å². The van der Waals surface area contributed by atoms with E-state index in [1.54, 1.807) is 0 Å². The minimum atomic E-state index is 0.00750. The number of ketones is 1. The predicted octanol–water partition coefficient (Wildman–Crippen LogP) is 2.91. The summed E-state index contributed by atoms with van der Waals surface area (Å²) in [6, 6.07) is 0.00750. The molecule has 1 aliphatic rings. The largest absolute Gasteiger partial charge is 0.303 e. The summed E-state index contributed by atoms with van der Waals surface area (Å²) in [5.74, 6) is 0.744. The van der Waals surface area contributed by atoms with Gasteiger partial charge in [0.15, 0.2) is 5.78 Å². The van der Waals surface area contributed by atoms with Gasteiger partial charge in [0, 0.05) is 11.5 Å². The summed E-state index contributed by atoms with van der Waals surface area (Å²) in [4.78, 5) is 12.1. The van der Waals surface area contributed by atoms with Crippen molar-refractivity contribution in [3.05, 3.63) is 0 Å². The number of hydrogen-bond acceptors (Lipinski definition) is 2. The number of carbonyl (C=O) groups excluding carboxylic acids is 1. The fourth-order valence-electron chi connectivity index (χ4n) is 2.46. The Balaban J connectivity index is 2.44. The molecule has 2 heteroatoms. The van der Waals surface area contributed by atoms with E-state index in [1.807, 2.05) is 6.92 Å². The van der Waals surface area contributed by atoms with Crippen molar-refractivity contribution in [3.8, 4) is 0 Å². The summed E-state index contributed by atoms with van der Waals surface area (Å²) >= 11 is 0. The van der Waals surface area contributed by atoms with Crippen molar-refractivity contribution in [3.63, 3.8) is 0 Å². The number of nitrogens with one attached hydrogen (secondary N) is 1. The third-order valence-electron chi connectivity index (χ3n) is 3.08. The standard InChI is InChI=1S/C13H25NO/c1-10(14-13(2,3)4)12(15)11-8-6-5-7-9-11/h10-11,14H,5-9H2,1-4H3/t10-/m0/s1. The normalized spacial score (nSPS) is 21.3. The lowest BCUT2D eigenvalue weighted by Crippen LogP contribution is -2.48. The van der Waals surface area contributed by atoms with Crippen LogP contribution in [0.1, 0.15) is 59.8 Å². The van der Waals surface area contributed by atoms with Crippen LogP contribution in [0.4, 0.5) is 0 Å². The monoisotopic (exact) mass is 211 g/mol. The van der Waals surface area contributed by atoms with Crippen molar-refractivity contribution in [2.45, 2.75) is 71.4 Å². The van der Waals surface area contributed by atoms with Crippen molar-refractivity contribution in [1.82, 2.24) is 5.32 Å². The Morgan fingerprint density at radius 3 is 2.20 bits per heavy atom. The van der Waals surface area contributed by atoms with Crippen molar-refractivity contribution in [2.24, 2.45) is 5.92 Å². The number of carbonyl (C=O) groups is 1. The molecular formula is C13H25NO. The first-order valence-electron chi connectivity index (χ1n) is 6.21. The average molecular weight is 211 g/mol. The molecule has 0 heterocycles. The van der Waals surface area contributed by atoms with E-state index in [1.165, 1.54) is 19.3 Å². The molecular weight excluding hydrogens is 186 g/mol. The molecule has 0 aromatic carbocycles. The summed E-state index contributed by atoms with van der Waals surface area (Å²) in [5.41, 5.74) is 0.0315. The van der Waals surface area contributed by atoms with Crippen molar-refractivity contribution >= 4 is 5.78 Å². The molecule has 0 aliphatic heterocycles. The summed E-state index contributed by atoms with van der Waals surface area (Å²) in [7, 11) is 0. The number of rotatable bonds is 3. The van der Waals surface area contributed by atoms with Crippen LogP contribution in [0.25, 0.3) is 0 Å². The highest BCUT2D eigenvalue weighted by Crippen LogP contribution is 2.25. The Kier molecular flexibility index (Phi) is 4.32. The Morgan fingerprint density at radius 2 is 1.73 bits per heavy atom. The van der Waals surface area contributed by atoms with E-state index in [0.717, 1.165) is 12.8 Å². The van der Waals surface area contributed by atoms with Gasteiger partial charge in [-0.25, -0.2) is 0 Å². The van der Waals surface area contributed by atoms with E-state index >= 15 is 0 Å². The maximum Gasteiger partial charge on any atom is 0.152 e. The SMILES string of the molecule is C[C@H](NC(C)(C)C)C(=O)C1CCCCC1. The maximum absolute atomic E-state index is 12.1. The topological polar surface area (TPSA) is 29.1 Å². The summed E-state index contributed by atoms with van der Waals surface area (Å²) in [6.07, 6.45) is 5.99. The van der Waals surface area contributed by atoms with Gasteiger partial charge in [-0.2, -0.15) is 0 Å². The first-order valence-corrected chi connectivity index (χ1v) is 6.21. The second-order valence-electron chi connectivity index (χ2n) is 5.85. The molecule has 15 heavy (non-hydrogen) atoms. The third kappa shape index (κ3) is 4.33. The fourth-order valence-corrected chi connectivity index (χ4v) is 2.46. The molecule has 1 fully saturated rings. The molecule has 0 unspecified atom stereocenters. The molecule has 0 bridgehead atoms. The average Bonchev–Trinajstić information content (AvgIpc) is 2.15. The molecule has 0 aromatic rings. The maximum atomic E-state index is 12.1. The van der Waals surface area contributed by atoms with Crippen LogP contribution in [-0.2, 0) is 4.79 Å². The molecule has 1 N–H and O–H groups in total. The lowest BCUT2D eigenvalue weighted by molar-refractivity contribution is -0.125. The molecule has 0 amide bonds. The highest BCUT2D eigenvalue weighted by Gasteiger charge is 2.27. The van der Waals surface area contributed by atoms with Crippen LogP contribution in [-0.4, -0.2) is 17.4 Å². The third-order valence-corrected chi connectivity index (χ3v) is 3.08. The Morgan fingerprint density at radius 1 is 1.20 bits per heavy atom. The summed E-state index contributed by atoms with van der Waals surface area (Å²) in [6.45, 7) is 8.33. The van der Waals surface area contributed by atoms with Crippen molar-refractivity contribution < 1.29 is 4.79 Å². The summed E-state index contributed by atoms with van der Waals surface area (Å²) in [5, 5.41) is 3.37. The smallest absolute Gasteiger partial charge is 0.152 e. The Hall–Kier alpha value is -0.370. The minimum absolute atomic E-state index is 0.00750. The van der Waals surface area contributed by atoms with E-state index in [-0.39, 0.29) is 11.6 Å². The van der Waals surface area contributed by atoms with E-state index in [9.17, 15) is 4.79 Å². The molecule has 2 nitrogen and oxygen atoms in total. The van der Waals surface area contributed by atoms with E-state index in [4.69, 9.17) is 0 Å². The molecule has 1 rings (SSSR count). The quantitative estimate of drug-likeness (QED) is 0.777. The first-order chi connectivity index (χ1) is 6.90. The Bertz CT molecular complexity index is 211. The highest BCUT2D eigenvalue weighted by atomic mass is 16.1. The number of hydrogen-bond donors (Lipinski definition) is 1.